The van der Waals surface area contributed by atoms with Gasteiger partial charge in [-0.3, -0.25) is 28.8 Å². The monoisotopic (exact) mass is 1790 g/mol. The molecule has 0 saturated heterocycles. The van der Waals surface area contributed by atoms with E-state index >= 15 is 9.59 Å². The topological polar surface area (TPSA) is 318 Å². The molecule has 0 bridgehead atoms. The van der Waals surface area contributed by atoms with Crippen LogP contribution in [0.1, 0.15) is 329 Å². The molecule has 0 heterocycles. The Labute approximate surface area is 757 Å². The fraction of sp³-hybridized carbons (Fsp3) is 0.822. The van der Waals surface area contributed by atoms with E-state index in [1.54, 1.807) is 6.92 Å². The minimum Gasteiger partial charge on any atom is -0.463 e. The summed E-state index contributed by atoms with van der Waals surface area (Å²) in [4.78, 5) is 133. The van der Waals surface area contributed by atoms with Crippen LogP contribution in [0.3, 0.4) is 0 Å². The molecular formula is C101H158O26. The van der Waals surface area contributed by atoms with Crippen molar-refractivity contribution in [3.05, 3.63) is 50.1 Å². The second-order valence-corrected chi connectivity index (χ2v) is 37.7. The predicted octanol–water partition coefficient (Wildman–Crippen LogP) is 18.1. The lowest BCUT2D eigenvalue weighted by Crippen LogP contribution is -2.47. The first-order valence-corrected chi connectivity index (χ1v) is 49.8. The molecule has 9 rings (SSSR count). The Morgan fingerprint density at radius 1 is 0.252 bits per heavy atom. The number of hydrogen-bond donors (Lipinski definition) is 0. The zero-order chi connectivity index (χ0) is 90.5. The van der Waals surface area contributed by atoms with Crippen molar-refractivity contribution in [3.8, 4) is 0 Å². The normalized spacial score (nSPS) is 30.4. The van der Waals surface area contributed by atoms with Gasteiger partial charge in [-0.1, -0.05) is 52.0 Å². The fourth-order valence-corrected chi connectivity index (χ4v) is 21.0. The van der Waals surface area contributed by atoms with Gasteiger partial charge in [0, 0.05) is 76.3 Å². The van der Waals surface area contributed by atoms with E-state index < -0.39 is 78.3 Å². The minimum absolute atomic E-state index is 0.0362. The molecule has 0 amide bonds. The van der Waals surface area contributed by atoms with Crippen molar-refractivity contribution in [2.24, 2.45) is 59.2 Å². The number of unbranched alkanes of at least 4 members (excludes halogenated alkanes) is 12. The van der Waals surface area contributed by atoms with Gasteiger partial charge in [0.05, 0.1) is 98.6 Å². The third-order valence-corrected chi connectivity index (χ3v) is 28.6. The van der Waals surface area contributed by atoms with Gasteiger partial charge in [-0.05, 0) is 314 Å². The quantitative estimate of drug-likeness (QED) is 0.0236. The number of esters is 10. The van der Waals surface area contributed by atoms with Crippen LogP contribution in [0.4, 0.5) is 0 Å². The Bertz CT molecular complexity index is 3300. The van der Waals surface area contributed by atoms with E-state index in [1.807, 2.05) is 13.8 Å². The molecule has 0 aromatic heterocycles. The number of carbonyl (C=O) groups excluding carboxylic acids is 10. The van der Waals surface area contributed by atoms with Crippen molar-refractivity contribution in [2.45, 2.75) is 402 Å². The zero-order valence-electron chi connectivity index (χ0n) is 77.4. The molecule has 9 aliphatic carbocycles. The van der Waals surface area contributed by atoms with Gasteiger partial charge < -0.3 is 75.8 Å². The molecule has 12 atom stereocenters. The molecule has 9 saturated carbocycles. The Morgan fingerprint density at radius 3 is 0.787 bits per heavy atom. The molecule has 127 heavy (non-hydrogen) atoms. The molecule has 26 heteroatoms. The van der Waals surface area contributed by atoms with Crippen molar-refractivity contribution in [3.63, 3.8) is 0 Å². The first kappa shape index (κ1) is 104. The van der Waals surface area contributed by atoms with E-state index in [9.17, 15) is 38.4 Å². The fourth-order valence-electron chi connectivity index (χ4n) is 21.0. The number of rotatable bonds is 54. The van der Waals surface area contributed by atoms with Crippen LogP contribution in [-0.2, 0) is 124 Å². The summed E-state index contributed by atoms with van der Waals surface area (Å²) in [6, 6.07) is 0. The van der Waals surface area contributed by atoms with Gasteiger partial charge in [-0.2, -0.15) is 0 Å². The van der Waals surface area contributed by atoms with E-state index in [-0.39, 0.29) is 115 Å². The molecule has 0 N–H and O–H groups in total. The van der Waals surface area contributed by atoms with Crippen LogP contribution < -0.4 is 0 Å². The summed E-state index contributed by atoms with van der Waals surface area (Å²) in [5, 5.41) is 0. The van der Waals surface area contributed by atoms with Gasteiger partial charge in [0.25, 0.3) is 0 Å². The summed E-state index contributed by atoms with van der Waals surface area (Å²) in [5.74, 6) is -5.39. The number of ether oxygens (including phenoxy) is 16. The SMILES string of the molecule is C=CC(=O)OCCCCCCOC1CCC(C(=O)OC2CCC(OC(=O)C3CCC(OCCCCCCOC(=O)C=C)CC3)C(C(=O)OC3CC(C4CCC(C5CCC(OCC)C(OC(=O)C6CC(OC(=O)C7CCC(OCCCCCCOC(=O)C=C)CC7)CCC6OC(=O)C6CCC(OCCCCCCOC(=O)C(=C)C)CC6)C5)CC4)CCC3OCC)C2)CC1. The van der Waals surface area contributed by atoms with Gasteiger partial charge >= 0.3 is 59.7 Å². The highest BCUT2D eigenvalue weighted by atomic mass is 16.6. The lowest BCUT2D eigenvalue weighted by Gasteiger charge is -2.44. The third-order valence-electron chi connectivity index (χ3n) is 28.6. The molecule has 9 aliphatic rings. The highest BCUT2D eigenvalue weighted by Gasteiger charge is 2.49. The van der Waals surface area contributed by atoms with Crippen molar-refractivity contribution in [1.29, 1.82) is 0 Å². The Hall–Kier alpha value is -6.58. The van der Waals surface area contributed by atoms with Crippen LogP contribution in [0.15, 0.2) is 50.1 Å². The summed E-state index contributed by atoms with van der Waals surface area (Å²) in [6.45, 7) is 24.4. The molecule has 12 unspecified atom stereocenters. The lowest BCUT2D eigenvalue weighted by molar-refractivity contribution is -0.187. The van der Waals surface area contributed by atoms with Crippen molar-refractivity contribution >= 4 is 59.7 Å². The van der Waals surface area contributed by atoms with E-state index in [4.69, 9.17) is 75.8 Å². The second-order valence-electron chi connectivity index (χ2n) is 37.7. The number of hydrogen-bond acceptors (Lipinski definition) is 26. The molecule has 0 spiro atoms. The molecule has 9 fully saturated rings. The van der Waals surface area contributed by atoms with Crippen molar-refractivity contribution in [1.82, 2.24) is 0 Å². The Kier molecular flexibility index (Phi) is 47.8. The van der Waals surface area contributed by atoms with Crippen LogP contribution >= 0.6 is 0 Å². The molecule has 0 aromatic carbocycles. The number of carbonyl (C=O) groups is 10. The average molecular weight is 1790 g/mol. The van der Waals surface area contributed by atoms with Crippen LogP contribution in [0.2, 0.25) is 0 Å². The van der Waals surface area contributed by atoms with Gasteiger partial charge in [0.15, 0.2) is 0 Å². The Morgan fingerprint density at radius 2 is 0.504 bits per heavy atom. The summed E-state index contributed by atoms with van der Waals surface area (Å²) in [6.07, 6.45) is 34.8. The van der Waals surface area contributed by atoms with Crippen LogP contribution in [0.25, 0.3) is 0 Å². The van der Waals surface area contributed by atoms with Crippen molar-refractivity contribution in [2.75, 3.05) is 66.1 Å². The highest BCUT2D eigenvalue weighted by molar-refractivity contribution is 5.87. The molecule has 0 aliphatic heterocycles. The largest absolute Gasteiger partial charge is 0.463 e. The van der Waals surface area contributed by atoms with E-state index in [0.717, 1.165) is 205 Å². The Balaban J connectivity index is 0.781. The summed E-state index contributed by atoms with van der Waals surface area (Å²) < 4.78 is 97.4. The maximum absolute atomic E-state index is 15.2. The average Bonchev–Trinajstić information content (AvgIpc) is 0.801. The van der Waals surface area contributed by atoms with E-state index in [0.29, 0.717) is 173 Å². The summed E-state index contributed by atoms with van der Waals surface area (Å²) in [7, 11) is 0. The zero-order valence-corrected chi connectivity index (χ0v) is 77.4. The van der Waals surface area contributed by atoms with Gasteiger partial charge in [-0.25, -0.2) is 19.2 Å². The molecule has 718 valence electrons. The van der Waals surface area contributed by atoms with Crippen LogP contribution in [0.5, 0.6) is 0 Å². The molecule has 26 nitrogen and oxygen atoms in total. The molecule has 0 aromatic rings. The third kappa shape index (κ3) is 36.8. The predicted molar refractivity (Wildman–Crippen MR) is 475 cm³/mol. The summed E-state index contributed by atoms with van der Waals surface area (Å²) >= 11 is 0. The lowest BCUT2D eigenvalue weighted by atomic mass is 9.65. The maximum atomic E-state index is 15.2. The van der Waals surface area contributed by atoms with Crippen molar-refractivity contribution < 1.29 is 124 Å². The van der Waals surface area contributed by atoms with Gasteiger partial charge in [0.2, 0.25) is 0 Å². The standard InChI is InChI=1S/C101H158O26/c1-8-92(102)118-61-25-17-13-21-57-114-78-43-33-72(34-44-78)96(106)122-82-51-55-86(124-98(108)74-37-47-80(48-38-74)116-59-23-15-19-27-63-120-94(104)10-3)84(67-82)100(110)126-90-65-76(41-53-88(90)112-11-4)70-29-31-71(32-30-70)77-42-54-89(113-12-5)91(66-77)127-101(111)85-68-83(123-97(107)73-35-45-79(46-36-73)115-58-22-14-18-26-62-119-93(103)9-2)52-56-87(85)125-99(109)75-39-49-81(50-40-75)117-60-24-16-20-28-64-121-95(105)69(6)7/h8-10,70-91H,1-3,6,11-68H2,4-5,7H3. The highest BCUT2D eigenvalue weighted by Crippen LogP contribution is 2.48. The minimum atomic E-state index is -0.863. The first-order valence-electron chi connectivity index (χ1n) is 49.8. The van der Waals surface area contributed by atoms with E-state index in [1.165, 1.54) is 18.2 Å². The smallest absolute Gasteiger partial charge is 0.333 e. The first-order chi connectivity index (χ1) is 61.7. The van der Waals surface area contributed by atoms with Gasteiger partial charge in [0.1, 0.15) is 36.6 Å². The van der Waals surface area contributed by atoms with Gasteiger partial charge in [-0.15, -0.1) is 0 Å². The molecular weight excluding hydrogens is 1630 g/mol. The van der Waals surface area contributed by atoms with Crippen LogP contribution in [-0.4, -0.2) is 199 Å². The molecule has 0 radical (unpaired) electrons. The van der Waals surface area contributed by atoms with Crippen LogP contribution in [0, 0.1) is 59.2 Å². The second kappa shape index (κ2) is 58.3. The summed E-state index contributed by atoms with van der Waals surface area (Å²) in [5.41, 5.74) is 0.391. The maximum Gasteiger partial charge on any atom is 0.333 e. The van der Waals surface area contributed by atoms with E-state index in [2.05, 4.69) is 26.3 Å².